The zero-order valence-corrected chi connectivity index (χ0v) is 17.2. The molecule has 32 heavy (non-hydrogen) atoms. The van der Waals surface area contributed by atoms with E-state index in [1.54, 1.807) is 16.9 Å². The van der Waals surface area contributed by atoms with Crippen LogP contribution in [0.5, 0.6) is 0 Å². The molecule has 2 aromatic carbocycles. The molecule has 0 fully saturated rings. The van der Waals surface area contributed by atoms with E-state index in [0.717, 1.165) is 28.1 Å². The van der Waals surface area contributed by atoms with Crippen LogP contribution < -0.4 is 10.6 Å². The van der Waals surface area contributed by atoms with E-state index in [9.17, 15) is 4.79 Å². The Balaban J connectivity index is 1.41. The number of nitrogens with zero attached hydrogens (tertiary/aromatic N) is 5. The third-order valence-corrected chi connectivity index (χ3v) is 4.89. The van der Waals surface area contributed by atoms with Gasteiger partial charge in [-0.05, 0) is 61.0 Å². The second-order valence-corrected chi connectivity index (χ2v) is 7.28. The number of aryl methyl sites for hydroxylation is 1. The normalized spacial score (nSPS) is 10.8. The Morgan fingerprint density at radius 2 is 1.56 bits per heavy atom. The number of anilines is 2. The molecule has 8 heteroatoms. The average Bonchev–Trinajstić information content (AvgIpc) is 3.23. The second kappa shape index (κ2) is 8.27. The molecule has 0 saturated heterocycles. The van der Waals surface area contributed by atoms with Gasteiger partial charge in [-0.2, -0.15) is 9.61 Å². The number of fused-ring (bicyclic) bond motifs is 1. The van der Waals surface area contributed by atoms with Crippen molar-refractivity contribution in [3.8, 4) is 22.6 Å². The fourth-order valence-electron chi connectivity index (χ4n) is 3.40. The van der Waals surface area contributed by atoms with Crippen molar-refractivity contribution in [3.63, 3.8) is 0 Å². The van der Waals surface area contributed by atoms with Crippen molar-refractivity contribution < 1.29 is 4.79 Å². The zero-order valence-electron chi connectivity index (χ0n) is 17.2. The summed E-state index contributed by atoms with van der Waals surface area (Å²) >= 11 is 0. The number of rotatable bonds is 4. The van der Waals surface area contributed by atoms with Crippen molar-refractivity contribution >= 4 is 23.1 Å². The first-order valence-corrected chi connectivity index (χ1v) is 10.0. The quantitative estimate of drug-likeness (QED) is 0.434. The van der Waals surface area contributed by atoms with Crippen molar-refractivity contribution in [2.75, 3.05) is 10.6 Å². The number of aromatic nitrogens is 5. The van der Waals surface area contributed by atoms with Crippen LogP contribution in [-0.4, -0.2) is 30.8 Å². The van der Waals surface area contributed by atoms with E-state index in [2.05, 4.69) is 25.8 Å². The second-order valence-electron chi connectivity index (χ2n) is 7.28. The van der Waals surface area contributed by atoms with Gasteiger partial charge in [-0.1, -0.05) is 24.3 Å². The van der Waals surface area contributed by atoms with Crippen LogP contribution >= 0.6 is 0 Å². The number of benzene rings is 2. The molecule has 156 valence electrons. The van der Waals surface area contributed by atoms with E-state index in [1.165, 1.54) is 0 Å². The molecule has 0 spiro atoms. The fraction of sp³-hybridized carbons (Fsp3) is 0.0417. The molecular weight excluding hydrogens is 402 g/mol. The molecule has 0 aliphatic heterocycles. The minimum absolute atomic E-state index is 0.310. The maximum atomic E-state index is 12.4. The number of amides is 2. The first kappa shape index (κ1) is 19.4. The molecule has 0 saturated carbocycles. The molecule has 0 aliphatic carbocycles. The standard InChI is InChI=1S/C24H19N7O/c1-16-4-2-6-19(14-16)26-24(32)27-20-7-3-5-18(15-20)21-8-9-22-28-29-23(31(22)30-21)17-10-12-25-13-11-17/h2-15H,1H3,(H2,26,27,32). The first-order valence-electron chi connectivity index (χ1n) is 10.0. The Hall–Kier alpha value is -4.59. The van der Waals surface area contributed by atoms with Crippen LogP contribution in [-0.2, 0) is 0 Å². The predicted octanol–water partition coefficient (Wildman–Crippen LogP) is 4.81. The summed E-state index contributed by atoms with van der Waals surface area (Å²) in [5, 5.41) is 18.9. The smallest absolute Gasteiger partial charge is 0.308 e. The van der Waals surface area contributed by atoms with E-state index < -0.39 is 0 Å². The number of hydrogen-bond donors (Lipinski definition) is 2. The SMILES string of the molecule is Cc1cccc(NC(=O)Nc2cccc(-c3ccc4nnc(-c5ccncc5)n4n3)c2)c1. The lowest BCUT2D eigenvalue weighted by Crippen LogP contribution is -2.19. The van der Waals surface area contributed by atoms with Gasteiger partial charge in [-0.3, -0.25) is 4.98 Å². The fourth-order valence-corrected chi connectivity index (χ4v) is 3.40. The number of pyridine rings is 1. The average molecular weight is 421 g/mol. The van der Waals surface area contributed by atoms with E-state index in [0.29, 0.717) is 17.2 Å². The Bertz CT molecular complexity index is 1410. The van der Waals surface area contributed by atoms with Crippen molar-refractivity contribution in [1.29, 1.82) is 0 Å². The van der Waals surface area contributed by atoms with Gasteiger partial charge in [0.05, 0.1) is 5.69 Å². The molecule has 3 aromatic heterocycles. The summed E-state index contributed by atoms with van der Waals surface area (Å²) in [6.07, 6.45) is 3.41. The molecule has 0 atom stereocenters. The number of urea groups is 1. The first-order chi connectivity index (χ1) is 15.7. The van der Waals surface area contributed by atoms with Crippen LogP contribution in [0.2, 0.25) is 0 Å². The van der Waals surface area contributed by atoms with Gasteiger partial charge >= 0.3 is 6.03 Å². The van der Waals surface area contributed by atoms with Gasteiger partial charge in [-0.25, -0.2) is 4.79 Å². The van der Waals surface area contributed by atoms with Gasteiger partial charge in [0, 0.05) is 34.9 Å². The Morgan fingerprint density at radius 1 is 0.812 bits per heavy atom. The lowest BCUT2D eigenvalue weighted by atomic mass is 10.1. The summed E-state index contributed by atoms with van der Waals surface area (Å²) in [5.74, 6) is 0.635. The molecule has 0 radical (unpaired) electrons. The Labute approximate surface area is 184 Å². The van der Waals surface area contributed by atoms with Crippen molar-refractivity contribution in [1.82, 2.24) is 24.8 Å². The molecule has 3 heterocycles. The van der Waals surface area contributed by atoms with Crippen LogP contribution in [0.3, 0.4) is 0 Å². The van der Waals surface area contributed by atoms with E-state index >= 15 is 0 Å². The van der Waals surface area contributed by atoms with Crippen molar-refractivity contribution in [3.05, 3.63) is 90.8 Å². The van der Waals surface area contributed by atoms with Crippen LogP contribution in [0.4, 0.5) is 16.2 Å². The van der Waals surface area contributed by atoms with Gasteiger partial charge in [0.2, 0.25) is 0 Å². The highest BCUT2D eigenvalue weighted by Gasteiger charge is 2.11. The lowest BCUT2D eigenvalue weighted by molar-refractivity contribution is 0.262. The predicted molar refractivity (Wildman–Crippen MR) is 123 cm³/mol. The maximum absolute atomic E-state index is 12.4. The van der Waals surface area contributed by atoms with Gasteiger partial charge in [-0.15, -0.1) is 10.2 Å². The minimum Gasteiger partial charge on any atom is -0.308 e. The molecule has 2 amide bonds. The van der Waals surface area contributed by atoms with Crippen LogP contribution in [0.1, 0.15) is 5.56 Å². The number of carbonyl (C=O) groups is 1. The van der Waals surface area contributed by atoms with Gasteiger partial charge < -0.3 is 10.6 Å². The number of nitrogens with one attached hydrogen (secondary N) is 2. The number of carbonyl (C=O) groups excluding carboxylic acids is 1. The maximum Gasteiger partial charge on any atom is 0.323 e. The van der Waals surface area contributed by atoms with Crippen molar-refractivity contribution in [2.45, 2.75) is 6.92 Å². The largest absolute Gasteiger partial charge is 0.323 e. The zero-order chi connectivity index (χ0) is 21.9. The molecule has 5 aromatic rings. The third kappa shape index (κ3) is 4.01. The molecule has 0 bridgehead atoms. The monoisotopic (exact) mass is 421 g/mol. The molecule has 5 rings (SSSR count). The number of hydrogen-bond acceptors (Lipinski definition) is 5. The van der Waals surface area contributed by atoms with E-state index in [1.807, 2.05) is 79.7 Å². The highest BCUT2D eigenvalue weighted by Crippen LogP contribution is 2.23. The summed E-state index contributed by atoms with van der Waals surface area (Å²) in [6.45, 7) is 1.98. The lowest BCUT2D eigenvalue weighted by Gasteiger charge is -2.10. The molecule has 0 unspecified atom stereocenters. The summed E-state index contributed by atoms with van der Waals surface area (Å²) in [5.41, 5.74) is 5.58. The Morgan fingerprint density at radius 3 is 2.34 bits per heavy atom. The third-order valence-electron chi connectivity index (χ3n) is 4.89. The van der Waals surface area contributed by atoms with Gasteiger partial charge in [0.15, 0.2) is 11.5 Å². The topological polar surface area (TPSA) is 97.1 Å². The molecular formula is C24H19N7O. The van der Waals surface area contributed by atoms with Gasteiger partial charge in [0.1, 0.15) is 0 Å². The summed E-state index contributed by atoms with van der Waals surface area (Å²) < 4.78 is 1.70. The Kier molecular flexibility index (Phi) is 5.01. The molecule has 0 aliphatic rings. The van der Waals surface area contributed by atoms with Crippen LogP contribution in [0.25, 0.3) is 28.3 Å². The molecule has 2 N–H and O–H groups in total. The van der Waals surface area contributed by atoms with Crippen LogP contribution in [0, 0.1) is 6.92 Å². The van der Waals surface area contributed by atoms with E-state index in [-0.39, 0.29) is 6.03 Å². The van der Waals surface area contributed by atoms with Gasteiger partial charge in [0.25, 0.3) is 0 Å². The summed E-state index contributed by atoms with van der Waals surface area (Å²) in [4.78, 5) is 16.5. The summed E-state index contributed by atoms with van der Waals surface area (Å²) in [7, 11) is 0. The van der Waals surface area contributed by atoms with Crippen LogP contribution in [0.15, 0.2) is 85.2 Å². The van der Waals surface area contributed by atoms with Crippen molar-refractivity contribution in [2.24, 2.45) is 0 Å². The highest BCUT2D eigenvalue weighted by atomic mass is 16.2. The summed E-state index contributed by atoms with van der Waals surface area (Å²) in [6, 6.07) is 22.3. The highest BCUT2D eigenvalue weighted by molar-refractivity contribution is 6.00. The molecule has 8 nitrogen and oxygen atoms in total. The van der Waals surface area contributed by atoms with E-state index in [4.69, 9.17) is 5.10 Å². The minimum atomic E-state index is -0.310.